The van der Waals surface area contributed by atoms with E-state index in [9.17, 15) is 0 Å². The van der Waals surface area contributed by atoms with Gasteiger partial charge in [0.15, 0.2) is 0 Å². The summed E-state index contributed by atoms with van der Waals surface area (Å²) in [4.78, 5) is 1.49. The molecule has 1 fully saturated rings. The van der Waals surface area contributed by atoms with Gasteiger partial charge >= 0.3 is 0 Å². The average molecular weight is 296 g/mol. The van der Waals surface area contributed by atoms with Crippen LogP contribution >= 0.6 is 27.3 Å². The number of hydrogen-bond donors (Lipinski definition) is 1. The Labute approximate surface area is 108 Å². The van der Waals surface area contributed by atoms with Gasteiger partial charge in [0, 0.05) is 26.6 Å². The summed E-state index contributed by atoms with van der Waals surface area (Å²) in [5.41, 5.74) is 1.44. The molecule has 16 heavy (non-hydrogen) atoms. The summed E-state index contributed by atoms with van der Waals surface area (Å²) < 4.78 is 2.57. The van der Waals surface area contributed by atoms with Crippen LogP contribution in [0.25, 0.3) is 10.1 Å². The molecule has 1 nitrogen and oxygen atoms in total. The lowest BCUT2D eigenvalue weighted by Crippen LogP contribution is -2.14. The van der Waals surface area contributed by atoms with E-state index < -0.39 is 0 Å². The van der Waals surface area contributed by atoms with E-state index in [-0.39, 0.29) is 0 Å². The van der Waals surface area contributed by atoms with E-state index >= 15 is 0 Å². The highest BCUT2D eigenvalue weighted by Gasteiger charge is 2.20. The number of thiophene rings is 1. The third kappa shape index (κ3) is 2.04. The smallest absolute Gasteiger partial charge is 0.0349 e. The number of fused-ring (bicyclic) bond motifs is 1. The van der Waals surface area contributed by atoms with Gasteiger partial charge in [0.05, 0.1) is 0 Å². The van der Waals surface area contributed by atoms with Gasteiger partial charge in [-0.25, -0.2) is 0 Å². The molecule has 0 aliphatic heterocycles. The first-order valence-corrected chi connectivity index (χ1v) is 7.26. The second-order valence-corrected chi connectivity index (χ2v) is 6.50. The number of rotatable bonds is 3. The number of benzene rings is 1. The summed E-state index contributed by atoms with van der Waals surface area (Å²) in [6.45, 7) is 3.27. The summed E-state index contributed by atoms with van der Waals surface area (Å²) in [6, 6.07) is 7.34. The van der Waals surface area contributed by atoms with Crippen LogP contribution in [0.3, 0.4) is 0 Å². The zero-order valence-corrected chi connectivity index (χ0v) is 11.6. The molecule has 0 amide bonds. The number of nitrogens with one attached hydrogen (secondary N) is 1. The average Bonchev–Trinajstić information content (AvgIpc) is 3.04. The van der Waals surface area contributed by atoms with E-state index in [2.05, 4.69) is 46.4 Å². The molecular formula is C13H14BrNS. The molecule has 1 aromatic heterocycles. The molecule has 0 atom stereocenters. The highest BCUT2D eigenvalue weighted by atomic mass is 79.9. The fraction of sp³-hybridized carbons (Fsp3) is 0.385. The Morgan fingerprint density at radius 3 is 3.00 bits per heavy atom. The predicted molar refractivity (Wildman–Crippen MR) is 74.1 cm³/mol. The van der Waals surface area contributed by atoms with Crippen molar-refractivity contribution in [1.29, 1.82) is 0 Å². The molecule has 84 valence electrons. The summed E-state index contributed by atoms with van der Waals surface area (Å²) in [5, 5.41) is 4.98. The molecule has 1 N–H and O–H groups in total. The van der Waals surface area contributed by atoms with Crippen LogP contribution in [0.2, 0.25) is 0 Å². The van der Waals surface area contributed by atoms with Crippen LogP contribution in [0, 0.1) is 6.92 Å². The van der Waals surface area contributed by atoms with Crippen LogP contribution in [0.15, 0.2) is 22.7 Å². The highest BCUT2D eigenvalue weighted by Crippen LogP contribution is 2.33. The second-order valence-electron chi connectivity index (χ2n) is 4.45. The van der Waals surface area contributed by atoms with E-state index in [1.165, 1.54) is 37.8 Å². The molecule has 1 saturated carbocycles. The van der Waals surface area contributed by atoms with Gasteiger partial charge in [-0.05, 0) is 48.9 Å². The van der Waals surface area contributed by atoms with Crippen LogP contribution in [0.4, 0.5) is 0 Å². The third-order valence-electron chi connectivity index (χ3n) is 3.13. The SMILES string of the molecule is Cc1c(CNC2CC2)sc2ccc(Br)cc12. The normalized spacial score (nSPS) is 15.9. The number of hydrogen-bond acceptors (Lipinski definition) is 2. The first-order valence-electron chi connectivity index (χ1n) is 5.65. The van der Waals surface area contributed by atoms with Gasteiger partial charge < -0.3 is 5.32 Å². The summed E-state index contributed by atoms with van der Waals surface area (Å²) in [6.07, 6.45) is 2.71. The fourth-order valence-corrected chi connectivity index (χ4v) is 3.44. The molecule has 3 rings (SSSR count). The van der Waals surface area contributed by atoms with Crippen LogP contribution < -0.4 is 5.32 Å². The van der Waals surface area contributed by atoms with E-state index in [1.807, 2.05) is 11.3 Å². The maximum absolute atomic E-state index is 3.59. The minimum atomic E-state index is 0.788. The van der Waals surface area contributed by atoms with Crippen molar-refractivity contribution < 1.29 is 0 Å². The first kappa shape index (κ1) is 10.8. The van der Waals surface area contributed by atoms with Gasteiger partial charge in [-0.1, -0.05) is 15.9 Å². The standard InChI is InChI=1S/C13H14BrNS/c1-8-11-6-9(14)2-5-12(11)16-13(8)7-15-10-3-4-10/h2,5-6,10,15H,3-4,7H2,1H3. The lowest BCUT2D eigenvalue weighted by atomic mass is 10.1. The molecule has 0 radical (unpaired) electrons. The quantitative estimate of drug-likeness (QED) is 0.894. The van der Waals surface area contributed by atoms with E-state index in [1.54, 1.807) is 0 Å². The molecule has 0 bridgehead atoms. The molecule has 3 heteroatoms. The Bertz CT molecular complexity index is 528. The van der Waals surface area contributed by atoms with Crippen molar-refractivity contribution in [3.63, 3.8) is 0 Å². The summed E-state index contributed by atoms with van der Waals surface area (Å²) >= 11 is 5.46. The highest BCUT2D eigenvalue weighted by molar-refractivity contribution is 9.10. The van der Waals surface area contributed by atoms with Crippen molar-refractivity contribution in [2.45, 2.75) is 32.4 Å². The van der Waals surface area contributed by atoms with Gasteiger partial charge in [-0.2, -0.15) is 0 Å². The minimum Gasteiger partial charge on any atom is -0.309 e. The largest absolute Gasteiger partial charge is 0.309 e. The lowest BCUT2D eigenvalue weighted by molar-refractivity contribution is 0.693. The third-order valence-corrected chi connectivity index (χ3v) is 4.89. The van der Waals surface area contributed by atoms with Gasteiger partial charge in [0.25, 0.3) is 0 Å². The Morgan fingerprint density at radius 2 is 2.25 bits per heavy atom. The van der Waals surface area contributed by atoms with Crippen molar-refractivity contribution in [1.82, 2.24) is 5.32 Å². The van der Waals surface area contributed by atoms with Crippen molar-refractivity contribution in [2.75, 3.05) is 0 Å². The molecule has 2 aromatic rings. The monoisotopic (exact) mass is 295 g/mol. The van der Waals surface area contributed by atoms with E-state index in [0.29, 0.717) is 0 Å². The minimum absolute atomic E-state index is 0.788. The zero-order valence-electron chi connectivity index (χ0n) is 9.22. The molecular weight excluding hydrogens is 282 g/mol. The topological polar surface area (TPSA) is 12.0 Å². The first-order chi connectivity index (χ1) is 7.74. The molecule has 0 unspecified atom stereocenters. The van der Waals surface area contributed by atoms with E-state index in [0.717, 1.165) is 12.6 Å². The maximum Gasteiger partial charge on any atom is 0.0349 e. The van der Waals surface area contributed by atoms with Crippen molar-refractivity contribution >= 4 is 37.4 Å². The van der Waals surface area contributed by atoms with Crippen molar-refractivity contribution in [2.24, 2.45) is 0 Å². The van der Waals surface area contributed by atoms with Crippen molar-refractivity contribution in [3.8, 4) is 0 Å². The van der Waals surface area contributed by atoms with Gasteiger partial charge in [-0.15, -0.1) is 11.3 Å². The zero-order chi connectivity index (χ0) is 11.1. The molecule has 1 heterocycles. The maximum atomic E-state index is 3.59. The van der Waals surface area contributed by atoms with Crippen LogP contribution in [-0.4, -0.2) is 6.04 Å². The molecule has 1 aromatic carbocycles. The van der Waals surface area contributed by atoms with E-state index in [4.69, 9.17) is 0 Å². The molecule has 0 saturated heterocycles. The Morgan fingerprint density at radius 1 is 1.44 bits per heavy atom. The van der Waals surface area contributed by atoms with Crippen molar-refractivity contribution in [3.05, 3.63) is 33.1 Å². The molecule has 1 aliphatic rings. The van der Waals surface area contributed by atoms with Gasteiger partial charge in [0.1, 0.15) is 0 Å². The Hall–Kier alpha value is -0.380. The van der Waals surface area contributed by atoms with Crippen LogP contribution in [0.1, 0.15) is 23.3 Å². The fourth-order valence-electron chi connectivity index (χ4n) is 1.94. The number of halogens is 1. The summed E-state index contributed by atoms with van der Waals surface area (Å²) in [5.74, 6) is 0. The van der Waals surface area contributed by atoms with Crippen LogP contribution in [-0.2, 0) is 6.54 Å². The second kappa shape index (κ2) is 4.13. The summed E-state index contributed by atoms with van der Waals surface area (Å²) in [7, 11) is 0. The van der Waals surface area contributed by atoms with Crippen LogP contribution in [0.5, 0.6) is 0 Å². The predicted octanol–water partition coefficient (Wildman–Crippen LogP) is 4.22. The molecule has 0 spiro atoms. The molecule has 1 aliphatic carbocycles. The Kier molecular flexibility index (Phi) is 2.78. The lowest BCUT2D eigenvalue weighted by Gasteiger charge is -2.00. The van der Waals surface area contributed by atoms with Gasteiger partial charge in [0.2, 0.25) is 0 Å². The number of aryl methyl sites for hydroxylation is 1. The Balaban J connectivity index is 1.94. The van der Waals surface area contributed by atoms with Gasteiger partial charge in [-0.3, -0.25) is 0 Å².